The highest BCUT2D eigenvalue weighted by molar-refractivity contribution is 5.69. The van der Waals surface area contributed by atoms with E-state index < -0.39 is 6.09 Å². The summed E-state index contributed by atoms with van der Waals surface area (Å²) in [6.07, 6.45) is -0.782. The van der Waals surface area contributed by atoms with Crippen LogP contribution in [0.3, 0.4) is 0 Å². The van der Waals surface area contributed by atoms with Crippen LogP contribution < -0.4 is 10.1 Å². The second-order valence-corrected chi connectivity index (χ2v) is 3.28. The lowest BCUT2D eigenvalue weighted by atomic mass is 10.2. The van der Waals surface area contributed by atoms with Crippen molar-refractivity contribution in [2.75, 3.05) is 20.3 Å². The molecule has 1 saturated heterocycles. The smallest absolute Gasteiger partial charge is 0.410 e. The lowest BCUT2D eigenvalue weighted by Gasteiger charge is -2.09. The summed E-state index contributed by atoms with van der Waals surface area (Å²) in [5.41, 5.74) is 0.918. The normalized spacial score (nSPS) is 16.1. The van der Waals surface area contributed by atoms with Gasteiger partial charge >= 0.3 is 6.09 Å². The molecule has 0 bridgehead atoms. The summed E-state index contributed by atoms with van der Waals surface area (Å²) in [4.78, 5) is 10.9. The van der Waals surface area contributed by atoms with Gasteiger partial charge in [0.15, 0.2) is 6.29 Å². The van der Waals surface area contributed by atoms with Gasteiger partial charge in [0.2, 0.25) is 0 Å². The number of hydrogen-bond acceptors (Lipinski definition) is 4. The molecule has 0 atom stereocenters. The molecular weight excluding hydrogens is 210 g/mol. The van der Waals surface area contributed by atoms with Gasteiger partial charge in [-0.2, -0.15) is 0 Å². The summed E-state index contributed by atoms with van der Waals surface area (Å²) < 4.78 is 15.6. The number of rotatable bonds is 2. The maximum Gasteiger partial charge on any atom is 0.412 e. The van der Waals surface area contributed by atoms with Crippen molar-refractivity contribution in [3.63, 3.8) is 0 Å². The zero-order valence-corrected chi connectivity index (χ0v) is 8.93. The van der Waals surface area contributed by atoms with Gasteiger partial charge < -0.3 is 19.5 Å². The van der Waals surface area contributed by atoms with Crippen molar-refractivity contribution < 1.29 is 19.0 Å². The van der Waals surface area contributed by atoms with Crippen molar-refractivity contribution in [3.8, 4) is 5.75 Å². The van der Waals surface area contributed by atoms with Gasteiger partial charge in [0.25, 0.3) is 0 Å². The molecule has 0 unspecified atom stereocenters. The van der Waals surface area contributed by atoms with Crippen LogP contribution in [-0.4, -0.2) is 26.4 Å². The number of benzene rings is 1. The van der Waals surface area contributed by atoms with Crippen LogP contribution in [0.25, 0.3) is 0 Å². The van der Waals surface area contributed by atoms with Crippen molar-refractivity contribution in [1.82, 2.24) is 5.32 Å². The molecule has 1 N–H and O–H groups in total. The van der Waals surface area contributed by atoms with E-state index in [1.165, 1.54) is 7.05 Å². The Morgan fingerprint density at radius 2 is 1.94 bits per heavy atom. The molecule has 1 aliphatic rings. The molecule has 0 aliphatic carbocycles. The molecule has 0 saturated carbocycles. The highest BCUT2D eigenvalue weighted by Crippen LogP contribution is 2.24. The minimum Gasteiger partial charge on any atom is -0.410 e. The molecule has 0 spiro atoms. The molecule has 1 aliphatic heterocycles. The molecule has 1 fully saturated rings. The number of nitrogens with one attached hydrogen (secondary N) is 1. The molecule has 86 valence electrons. The maximum atomic E-state index is 10.9. The molecule has 2 rings (SSSR count). The molecule has 1 aromatic carbocycles. The number of carbonyl (C=O) groups is 1. The second kappa shape index (κ2) is 4.96. The third-order valence-corrected chi connectivity index (χ3v) is 2.19. The average Bonchev–Trinajstić information content (AvgIpc) is 2.83. The Morgan fingerprint density at radius 1 is 1.31 bits per heavy atom. The molecule has 5 nitrogen and oxygen atoms in total. The minimum atomic E-state index is -0.485. The molecule has 1 amide bonds. The summed E-state index contributed by atoms with van der Waals surface area (Å²) in [6, 6.07) is 7.04. The molecule has 0 radical (unpaired) electrons. The molecule has 16 heavy (non-hydrogen) atoms. The third kappa shape index (κ3) is 2.50. The van der Waals surface area contributed by atoms with Crippen LogP contribution in [0.2, 0.25) is 0 Å². The predicted molar refractivity (Wildman–Crippen MR) is 56.2 cm³/mol. The van der Waals surface area contributed by atoms with Crippen LogP contribution in [0.1, 0.15) is 11.9 Å². The molecule has 5 heteroatoms. The zero-order valence-electron chi connectivity index (χ0n) is 8.93. The molecule has 0 aromatic heterocycles. The summed E-state index contributed by atoms with van der Waals surface area (Å²) >= 11 is 0. The van der Waals surface area contributed by atoms with Gasteiger partial charge in [-0.05, 0) is 12.1 Å². The zero-order chi connectivity index (χ0) is 11.4. The average molecular weight is 223 g/mol. The summed E-state index contributed by atoms with van der Waals surface area (Å²) in [5, 5.41) is 2.37. The van der Waals surface area contributed by atoms with Crippen LogP contribution in [0.4, 0.5) is 4.79 Å². The fourth-order valence-electron chi connectivity index (χ4n) is 1.40. The topological polar surface area (TPSA) is 56.8 Å². The fourth-order valence-corrected chi connectivity index (χ4v) is 1.40. The number of ether oxygens (including phenoxy) is 3. The Kier molecular flexibility index (Phi) is 3.38. The van der Waals surface area contributed by atoms with Gasteiger partial charge in [-0.3, -0.25) is 0 Å². The van der Waals surface area contributed by atoms with E-state index in [9.17, 15) is 4.79 Å². The van der Waals surface area contributed by atoms with Gasteiger partial charge in [-0.25, -0.2) is 4.79 Å². The van der Waals surface area contributed by atoms with E-state index in [-0.39, 0.29) is 6.29 Å². The maximum absolute atomic E-state index is 10.9. The molecule has 1 aromatic rings. The van der Waals surface area contributed by atoms with E-state index in [1.54, 1.807) is 12.1 Å². The van der Waals surface area contributed by atoms with E-state index in [2.05, 4.69) is 5.32 Å². The number of amides is 1. The third-order valence-electron chi connectivity index (χ3n) is 2.19. The Labute approximate surface area is 93.3 Å². The van der Waals surface area contributed by atoms with Crippen LogP contribution in [0.5, 0.6) is 5.75 Å². The van der Waals surface area contributed by atoms with Gasteiger partial charge in [-0.15, -0.1) is 0 Å². The minimum absolute atomic E-state index is 0.297. The van der Waals surface area contributed by atoms with Crippen LogP contribution >= 0.6 is 0 Å². The van der Waals surface area contributed by atoms with Crippen molar-refractivity contribution in [2.45, 2.75) is 6.29 Å². The lowest BCUT2D eigenvalue weighted by molar-refractivity contribution is -0.0441. The Morgan fingerprint density at radius 3 is 2.50 bits per heavy atom. The van der Waals surface area contributed by atoms with Crippen molar-refractivity contribution in [1.29, 1.82) is 0 Å². The monoisotopic (exact) mass is 223 g/mol. The summed E-state index contributed by atoms with van der Waals surface area (Å²) in [6.45, 7) is 1.22. The first-order chi connectivity index (χ1) is 7.79. The van der Waals surface area contributed by atoms with Gasteiger partial charge in [0, 0.05) is 12.6 Å². The largest absolute Gasteiger partial charge is 0.412 e. The van der Waals surface area contributed by atoms with E-state index >= 15 is 0 Å². The first-order valence-corrected chi connectivity index (χ1v) is 5.02. The van der Waals surface area contributed by atoms with E-state index in [0.29, 0.717) is 19.0 Å². The SMILES string of the molecule is CNC(=O)Oc1ccc(C2OCCO2)cc1. The van der Waals surface area contributed by atoms with Crippen LogP contribution in [0.15, 0.2) is 24.3 Å². The van der Waals surface area contributed by atoms with Crippen molar-refractivity contribution in [2.24, 2.45) is 0 Å². The lowest BCUT2D eigenvalue weighted by Crippen LogP contribution is -2.21. The fraction of sp³-hybridized carbons (Fsp3) is 0.364. The molecule has 1 heterocycles. The second-order valence-electron chi connectivity index (χ2n) is 3.28. The molecular formula is C11H13NO4. The quantitative estimate of drug-likeness (QED) is 0.824. The van der Waals surface area contributed by atoms with E-state index in [4.69, 9.17) is 14.2 Å². The first-order valence-electron chi connectivity index (χ1n) is 5.02. The van der Waals surface area contributed by atoms with Gasteiger partial charge in [-0.1, -0.05) is 12.1 Å². The van der Waals surface area contributed by atoms with E-state index in [1.807, 2.05) is 12.1 Å². The Balaban J connectivity index is 2.01. The predicted octanol–water partition coefficient (Wildman–Crippen LogP) is 1.45. The summed E-state index contributed by atoms with van der Waals surface area (Å²) in [5.74, 6) is 0.487. The Bertz CT molecular complexity index is 357. The Hall–Kier alpha value is -1.59. The standard InChI is InChI=1S/C11H13NO4/c1-12-11(13)16-9-4-2-8(3-5-9)10-14-6-7-15-10/h2-5,10H,6-7H2,1H3,(H,12,13). The summed E-state index contributed by atoms with van der Waals surface area (Å²) in [7, 11) is 1.51. The van der Waals surface area contributed by atoms with Gasteiger partial charge in [0.05, 0.1) is 13.2 Å². The van der Waals surface area contributed by atoms with Crippen LogP contribution in [0, 0.1) is 0 Å². The highest BCUT2D eigenvalue weighted by Gasteiger charge is 2.17. The van der Waals surface area contributed by atoms with Gasteiger partial charge in [0.1, 0.15) is 5.75 Å². The number of hydrogen-bond donors (Lipinski definition) is 1. The van der Waals surface area contributed by atoms with Crippen molar-refractivity contribution in [3.05, 3.63) is 29.8 Å². The number of carbonyl (C=O) groups excluding carboxylic acids is 1. The van der Waals surface area contributed by atoms with Crippen LogP contribution in [-0.2, 0) is 9.47 Å². The van der Waals surface area contributed by atoms with Crippen molar-refractivity contribution >= 4 is 6.09 Å². The van der Waals surface area contributed by atoms with E-state index in [0.717, 1.165) is 5.56 Å². The highest BCUT2D eigenvalue weighted by atomic mass is 16.7. The first kappa shape index (κ1) is 10.9.